The number of oxazole rings is 1. The SMILES string of the molecule is O=C(O)c1cnn(C2CCN(C(=O)c3coc(-c4ccccc4)n3)CC2)c1. The number of aromatic nitrogens is 3. The van der Waals surface area contributed by atoms with Crippen molar-refractivity contribution < 1.29 is 19.1 Å². The van der Waals surface area contributed by atoms with E-state index >= 15 is 0 Å². The molecule has 8 heteroatoms. The van der Waals surface area contributed by atoms with E-state index in [4.69, 9.17) is 9.52 Å². The highest BCUT2D eigenvalue weighted by Gasteiger charge is 2.27. The molecule has 1 aromatic carbocycles. The van der Waals surface area contributed by atoms with E-state index in [2.05, 4.69) is 10.1 Å². The van der Waals surface area contributed by atoms with Gasteiger partial charge in [-0.3, -0.25) is 9.48 Å². The lowest BCUT2D eigenvalue weighted by Gasteiger charge is -2.31. The summed E-state index contributed by atoms with van der Waals surface area (Å²) in [5.41, 5.74) is 1.28. The van der Waals surface area contributed by atoms with Gasteiger partial charge in [0.2, 0.25) is 5.89 Å². The maximum atomic E-state index is 12.7. The Bertz CT molecular complexity index is 955. The molecule has 0 unspecified atom stereocenters. The molecule has 1 aliphatic rings. The minimum Gasteiger partial charge on any atom is -0.478 e. The van der Waals surface area contributed by atoms with Crippen molar-refractivity contribution in [1.29, 1.82) is 0 Å². The summed E-state index contributed by atoms with van der Waals surface area (Å²) in [5.74, 6) is -0.730. The Labute approximate surface area is 155 Å². The number of nitrogens with zero attached hydrogens (tertiary/aromatic N) is 4. The summed E-state index contributed by atoms with van der Waals surface area (Å²) in [6.45, 7) is 1.11. The minimum absolute atomic E-state index is 0.0827. The molecule has 3 aromatic rings. The van der Waals surface area contributed by atoms with Gasteiger partial charge in [-0.05, 0) is 25.0 Å². The molecule has 27 heavy (non-hydrogen) atoms. The Morgan fingerprint density at radius 2 is 1.89 bits per heavy atom. The molecule has 0 radical (unpaired) electrons. The first-order valence-electron chi connectivity index (χ1n) is 8.69. The van der Waals surface area contributed by atoms with Crippen LogP contribution in [0.15, 0.2) is 53.4 Å². The number of hydrogen-bond donors (Lipinski definition) is 1. The molecule has 1 N–H and O–H groups in total. The fraction of sp³-hybridized carbons (Fsp3) is 0.263. The Morgan fingerprint density at radius 3 is 2.56 bits per heavy atom. The van der Waals surface area contributed by atoms with E-state index in [9.17, 15) is 9.59 Å². The monoisotopic (exact) mass is 366 g/mol. The van der Waals surface area contributed by atoms with E-state index in [1.54, 1.807) is 9.58 Å². The number of amides is 1. The topological polar surface area (TPSA) is 101 Å². The molecule has 138 valence electrons. The van der Waals surface area contributed by atoms with Crippen LogP contribution < -0.4 is 0 Å². The van der Waals surface area contributed by atoms with Crippen LogP contribution in [-0.2, 0) is 0 Å². The second-order valence-electron chi connectivity index (χ2n) is 6.44. The van der Waals surface area contributed by atoms with Crippen LogP contribution in [-0.4, -0.2) is 49.7 Å². The lowest BCUT2D eigenvalue weighted by molar-refractivity contribution is 0.0683. The molecule has 0 saturated carbocycles. The fourth-order valence-electron chi connectivity index (χ4n) is 3.23. The number of carboxylic acid groups (broad SMARTS) is 1. The van der Waals surface area contributed by atoms with Crippen LogP contribution in [0.25, 0.3) is 11.5 Å². The molecule has 1 saturated heterocycles. The number of likely N-dealkylation sites (tertiary alicyclic amines) is 1. The van der Waals surface area contributed by atoms with E-state index < -0.39 is 5.97 Å². The largest absolute Gasteiger partial charge is 0.478 e. The summed E-state index contributed by atoms with van der Waals surface area (Å²) in [6, 6.07) is 9.51. The van der Waals surface area contributed by atoms with Crippen LogP contribution in [0.1, 0.15) is 39.7 Å². The van der Waals surface area contributed by atoms with Crippen molar-refractivity contribution in [1.82, 2.24) is 19.7 Å². The summed E-state index contributed by atoms with van der Waals surface area (Å²) in [5, 5.41) is 13.1. The lowest BCUT2D eigenvalue weighted by atomic mass is 10.0. The Balaban J connectivity index is 1.40. The number of piperidine rings is 1. The van der Waals surface area contributed by atoms with Crippen LogP contribution in [0, 0.1) is 0 Å². The van der Waals surface area contributed by atoms with Gasteiger partial charge in [-0.2, -0.15) is 5.10 Å². The first-order chi connectivity index (χ1) is 13.1. The van der Waals surface area contributed by atoms with Crippen molar-refractivity contribution in [3.63, 3.8) is 0 Å². The summed E-state index contributed by atoms with van der Waals surface area (Å²) in [6.07, 6.45) is 5.68. The van der Waals surface area contributed by atoms with Gasteiger partial charge < -0.3 is 14.4 Å². The van der Waals surface area contributed by atoms with Crippen LogP contribution >= 0.6 is 0 Å². The van der Waals surface area contributed by atoms with Gasteiger partial charge in [0, 0.05) is 24.8 Å². The summed E-state index contributed by atoms with van der Waals surface area (Å²) >= 11 is 0. The van der Waals surface area contributed by atoms with Gasteiger partial charge >= 0.3 is 5.97 Å². The first-order valence-corrected chi connectivity index (χ1v) is 8.69. The van der Waals surface area contributed by atoms with E-state index in [1.165, 1.54) is 18.7 Å². The maximum absolute atomic E-state index is 12.7. The molecule has 0 atom stereocenters. The minimum atomic E-state index is -0.992. The van der Waals surface area contributed by atoms with Crippen LogP contribution in [0.5, 0.6) is 0 Å². The molecule has 8 nitrogen and oxygen atoms in total. The number of carbonyl (C=O) groups is 2. The molecule has 1 fully saturated rings. The molecule has 0 bridgehead atoms. The third-order valence-electron chi connectivity index (χ3n) is 4.72. The van der Waals surface area contributed by atoms with Crippen molar-refractivity contribution in [2.24, 2.45) is 0 Å². The average Bonchev–Trinajstić information content (AvgIpc) is 3.38. The molecule has 4 rings (SSSR count). The number of rotatable bonds is 4. The Hall–Kier alpha value is -3.42. The van der Waals surface area contributed by atoms with Crippen molar-refractivity contribution >= 4 is 11.9 Å². The number of benzene rings is 1. The van der Waals surface area contributed by atoms with E-state index in [0.29, 0.717) is 37.5 Å². The molecular formula is C19H18N4O4. The lowest BCUT2D eigenvalue weighted by Crippen LogP contribution is -2.39. The number of hydrogen-bond acceptors (Lipinski definition) is 5. The van der Waals surface area contributed by atoms with Crippen molar-refractivity contribution in [3.8, 4) is 11.5 Å². The van der Waals surface area contributed by atoms with Gasteiger partial charge in [-0.25, -0.2) is 9.78 Å². The third kappa shape index (κ3) is 3.46. The molecule has 2 aromatic heterocycles. The highest BCUT2D eigenvalue weighted by atomic mass is 16.4. The zero-order valence-corrected chi connectivity index (χ0v) is 14.5. The summed E-state index contributed by atoms with van der Waals surface area (Å²) in [7, 11) is 0. The third-order valence-corrected chi connectivity index (χ3v) is 4.72. The van der Waals surface area contributed by atoms with Gasteiger partial charge in [0.1, 0.15) is 6.26 Å². The molecule has 0 aliphatic carbocycles. The summed E-state index contributed by atoms with van der Waals surface area (Å²) < 4.78 is 7.13. The Kier molecular flexibility index (Phi) is 4.45. The normalized spacial score (nSPS) is 15.0. The molecule has 0 spiro atoms. The predicted octanol–water partition coefficient (Wildman–Crippen LogP) is 2.71. The molecular weight excluding hydrogens is 348 g/mol. The second kappa shape index (κ2) is 7.06. The van der Waals surface area contributed by atoms with Crippen LogP contribution in [0.3, 0.4) is 0 Å². The highest BCUT2D eigenvalue weighted by Crippen LogP contribution is 2.24. The molecule has 1 amide bonds. The second-order valence-corrected chi connectivity index (χ2v) is 6.44. The standard InChI is InChI=1S/C19H18N4O4/c24-18(16-12-27-17(21-16)13-4-2-1-3-5-13)22-8-6-15(7-9-22)23-11-14(10-20-23)19(25)26/h1-5,10-12,15H,6-9H2,(H,25,26). The zero-order chi connectivity index (χ0) is 18.8. The van der Waals surface area contributed by atoms with Crippen molar-refractivity contribution in [3.05, 3.63) is 60.2 Å². The first kappa shape index (κ1) is 17.0. The van der Waals surface area contributed by atoms with E-state index in [-0.39, 0.29) is 17.5 Å². The fourth-order valence-corrected chi connectivity index (χ4v) is 3.23. The number of carbonyl (C=O) groups excluding carboxylic acids is 1. The number of aromatic carboxylic acids is 1. The molecule has 1 aliphatic heterocycles. The highest BCUT2D eigenvalue weighted by molar-refractivity contribution is 5.92. The zero-order valence-electron chi connectivity index (χ0n) is 14.5. The molecule has 3 heterocycles. The predicted molar refractivity (Wildman–Crippen MR) is 95.3 cm³/mol. The van der Waals surface area contributed by atoms with Crippen molar-refractivity contribution in [2.45, 2.75) is 18.9 Å². The average molecular weight is 366 g/mol. The van der Waals surface area contributed by atoms with Gasteiger partial charge in [-0.1, -0.05) is 18.2 Å². The van der Waals surface area contributed by atoms with Crippen LogP contribution in [0.4, 0.5) is 0 Å². The van der Waals surface area contributed by atoms with Crippen molar-refractivity contribution in [2.75, 3.05) is 13.1 Å². The maximum Gasteiger partial charge on any atom is 0.338 e. The smallest absolute Gasteiger partial charge is 0.338 e. The van der Waals surface area contributed by atoms with Gasteiger partial charge in [-0.15, -0.1) is 0 Å². The van der Waals surface area contributed by atoms with Crippen LogP contribution in [0.2, 0.25) is 0 Å². The van der Waals surface area contributed by atoms with E-state index in [1.807, 2.05) is 30.3 Å². The quantitative estimate of drug-likeness (QED) is 0.762. The number of carboxylic acids is 1. The summed E-state index contributed by atoms with van der Waals surface area (Å²) in [4.78, 5) is 29.7. The van der Waals surface area contributed by atoms with Gasteiger partial charge in [0.25, 0.3) is 5.91 Å². The van der Waals surface area contributed by atoms with Gasteiger partial charge in [0.15, 0.2) is 5.69 Å². The Morgan fingerprint density at radius 1 is 1.15 bits per heavy atom. The van der Waals surface area contributed by atoms with E-state index in [0.717, 1.165) is 5.56 Å². The van der Waals surface area contributed by atoms with Gasteiger partial charge in [0.05, 0.1) is 17.8 Å².